The van der Waals surface area contributed by atoms with Crippen LogP contribution in [0.5, 0.6) is 11.5 Å². The molecule has 3 heterocycles. The second-order valence-electron chi connectivity index (χ2n) is 7.79. The molecule has 0 amide bonds. The molecule has 8 nitrogen and oxygen atoms in total. The van der Waals surface area contributed by atoms with E-state index in [1.54, 1.807) is 4.68 Å². The number of ether oxygens (including phenoxy) is 2. The Morgan fingerprint density at radius 3 is 2.75 bits per heavy atom. The molecule has 1 N–H and O–H groups in total. The number of rotatable bonds is 8. The van der Waals surface area contributed by atoms with Gasteiger partial charge in [-0.3, -0.25) is 4.68 Å². The molecule has 0 radical (unpaired) electrons. The molecular weight excluding hydrogens is 428 g/mol. The van der Waals surface area contributed by atoms with E-state index >= 15 is 0 Å². The molecule has 1 aliphatic heterocycles. The summed E-state index contributed by atoms with van der Waals surface area (Å²) in [6.45, 7) is 2.65. The van der Waals surface area contributed by atoms with Gasteiger partial charge < -0.3 is 14.6 Å². The molecular formula is C23H22N4O4S. The zero-order chi connectivity index (χ0) is 22.1. The molecule has 0 saturated carbocycles. The van der Waals surface area contributed by atoms with Crippen molar-refractivity contribution in [1.29, 1.82) is 0 Å². The van der Waals surface area contributed by atoms with Crippen molar-refractivity contribution in [3.05, 3.63) is 64.5 Å². The van der Waals surface area contributed by atoms with Gasteiger partial charge in [0.05, 0.1) is 24.0 Å². The van der Waals surface area contributed by atoms with Crippen molar-refractivity contribution >= 4 is 28.7 Å². The average molecular weight is 451 g/mol. The molecule has 1 aliphatic rings. The third-order valence-electron chi connectivity index (χ3n) is 5.57. The van der Waals surface area contributed by atoms with Crippen LogP contribution in [0.2, 0.25) is 0 Å². The Hall–Kier alpha value is -3.46. The molecule has 32 heavy (non-hydrogen) atoms. The van der Waals surface area contributed by atoms with Crippen LogP contribution in [0.3, 0.4) is 0 Å². The van der Waals surface area contributed by atoms with Gasteiger partial charge in [0.15, 0.2) is 11.5 Å². The Labute approximate surface area is 188 Å². The van der Waals surface area contributed by atoms with Gasteiger partial charge in [-0.25, -0.2) is 4.79 Å². The lowest BCUT2D eigenvalue weighted by atomic mass is 9.99. The van der Waals surface area contributed by atoms with E-state index in [1.807, 2.05) is 36.4 Å². The number of aromatic nitrogens is 4. The number of carbonyl (C=O) groups is 1. The van der Waals surface area contributed by atoms with Gasteiger partial charge >= 0.3 is 5.97 Å². The zero-order valence-corrected chi connectivity index (χ0v) is 18.4. The van der Waals surface area contributed by atoms with Gasteiger partial charge in [-0.2, -0.15) is 13.8 Å². The number of aromatic carboxylic acids is 1. The van der Waals surface area contributed by atoms with E-state index in [1.165, 1.54) is 11.7 Å². The fraction of sp³-hybridized carbons (Fsp3) is 0.304. The smallest absolute Gasteiger partial charge is 0.354 e. The Bertz CT molecular complexity index is 1300. The predicted octanol–water partition coefficient (Wildman–Crippen LogP) is 4.30. The summed E-state index contributed by atoms with van der Waals surface area (Å²) in [4.78, 5) is 12.3. The molecule has 2 aromatic heterocycles. The minimum Gasteiger partial charge on any atom is -0.477 e. The maximum atomic E-state index is 12.3. The standard InChI is InChI=1S/C23H22N4O4S/c1-2-3-4-17-16(9-14-5-7-18-19(10-14)26-32-25-18)22(23(28)29)27(24-17)12-15-6-8-20-21(11-15)31-13-30-20/h5-8,10-11H,2-4,9,12-13H2,1H3,(H,28,29). The highest BCUT2D eigenvalue weighted by Crippen LogP contribution is 2.33. The van der Waals surface area contributed by atoms with Gasteiger partial charge in [0.1, 0.15) is 16.7 Å². The van der Waals surface area contributed by atoms with Crippen LogP contribution < -0.4 is 9.47 Å². The Balaban J connectivity index is 1.53. The Morgan fingerprint density at radius 1 is 1.09 bits per heavy atom. The van der Waals surface area contributed by atoms with Crippen LogP contribution in [-0.4, -0.2) is 36.4 Å². The van der Waals surface area contributed by atoms with Crippen molar-refractivity contribution in [2.45, 2.75) is 39.2 Å². The first-order chi connectivity index (χ1) is 15.6. The summed E-state index contributed by atoms with van der Waals surface area (Å²) >= 11 is 1.17. The van der Waals surface area contributed by atoms with Crippen molar-refractivity contribution in [2.75, 3.05) is 6.79 Å². The minimum atomic E-state index is -0.979. The highest BCUT2D eigenvalue weighted by Gasteiger charge is 2.24. The van der Waals surface area contributed by atoms with E-state index in [2.05, 4.69) is 15.7 Å². The molecule has 0 unspecified atom stereocenters. The van der Waals surface area contributed by atoms with Crippen LogP contribution in [0.4, 0.5) is 0 Å². The van der Waals surface area contributed by atoms with Crippen LogP contribution in [0, 0.1) is 0 Å². The van der Waals surface area contributed by atoms with Crippen molar-refractivity contribution in [2.24, 2.45) is 0 Å². The number of benzene rings is 2. The van der Waals surface area contributed by atoms with Crippen molar-refractivity contribution < 1.29 is 19.4 Å². The van der Waals surface area contributed by atoms with Gasteiger partial charge in [0, 0.05) is 12.0 Å². The molecule has 0 aliphatic carbocycles. The number of carboxylic acid groups (broad SMARTS) is 1. The molecule has 0 saturated heterocycles. The third kappa shape index (κ3) is 3.91. The monoisotopic (exact) mass is 450 g/mol. The maximum absolute atomic E-state index is 12.3. The molecule has 9 heteroatoms. The molecule has 0 fully saturated rings. The van der Waals surface area contributed by atoms with Crippen molar-refractivity contribution in [3.63, 3.8) is 0 Å². The SMILES string of the molecule is CCCCc1nn(Cc2ccc3c(c2)OCO3)c(C(=O)O)c1Cc1ccc2nsnc2c1. The van der Waals surface area contributed by atoms with Gasteiger partial charge in [-0.1, -0.05) is 25.5 Å². The van der Waals surface area contributed by atoms with Crippen LogP contribution in [0.15, 0.2) is 36.4 Å². The van der Waals surface area contributed by atoms with Crippen molar-refractivity contribution in [1.82, 2.24) is 18.5 Å². The normalized spacial score (nSPS) is 12.5. The highest BCUT2D eigenvalue weighted by molar-refractivity contribution is 7.00. The number of aryl methyl sites for hydroxylation is 1. The Kier molecular flexibility index (Phi) is 5.48. The molecule has 2 aromatic carbocycles. The number of unbranched alkanes of at least 4 members (excludes halogenated alkanes) is 1. The second-order valence-corrected chi connectivity index (χ2v) is 8.32. The first-order valence-electron chi connectivity index (χ1n) is 10.5. The lowest BCUT2D eigenvalue weighted by molar-refractivity contribution is 0.0683. The fourth-order valence-electron chi connectivity index (χ4n) is 3.99. The number of hydrogen-bond donors (Lipinski definition) is 1. The molecule has 5 rings (SSSR count). The van der Waals surface area contributed by atoms with Crippen LogP contribution >= 0.6 is 11.7 Å². The summed E-state index contributed by atoms with van der Waals surface area (Å²) in [5.74, 6) is 0.388. The van der Waals surface area contributed by atoms with Crippen molar-refractivity contribution in [3.8, 4) is 11.5 Å². The number of fused-ring (bicyclic) bond motifs is 2. The number of nitrogens with zero attached hydrogens (tertiary/aromatic N) is 4. The van der Waals surface area contributed by atoms with E-state index < -0.39 is 5.97 Å². The summed E-state index contributed by atoms with van der Waals surface area (Å²) in [6, 6.07) is 11.5. The fourth-order valence-corrected chi connectivity index (χ4v) is 4.50. The maximum Gasteiger partial charge on any atom is 0.354 e. The largest absolute Gasteiger partial charge is 0.477 e. The molecule has 0 bridgehead atoms. The van der Waals surface area contributed by atoms with E-state index in [0.717, 1.165) is 52.7 Å². The summed E-state index contributed by atoms with van der Waals surface area (Å²) in [5, 5.41) is 14.9. The second kappa shape index (κ2) is 8.58. The van der Waals surface area contributed by atoms with Gasteiger partial charge in [-0.15, -0.1) is 0 Å². The lowest BCUT2D eigenvalue weighted by Gasteiger charge is -2.08. The van der Waals surface area contributed by atoms with Crippen LogP contribution in [-0.2, 0) is 19.4 Å². The van der Waals surface area contributed by atoms with E-state index in [4.69, 9.17) is 14.6 Å². The third-order valence-corrected chi connectivity index (χ3v) is 6.13. The molecule has 0 atom stereocenters. The summed E-state index contributed by atoms with van der Waals surface area (Å²) in [6.07, 6.45) is 3.17. The first-order valence-corrected chi connectivity index (χ1v) is 11.3. The van der Waals surface area contributed by atoms with Gasteiger partial charge in [0.2, 0.25) is 6.79 Å². The van der Waals surface area contributed by atoms with E-state index in [-0.39, 0.29) is 12.5 Å². The molecule has 4 aromatic rings. The summed E-state index contributed by atoms with van der Waals surface area (Å²) < 4.78 is 21.0. The predicted molar refractivity (Wildman–Crippen MR) is 120 cm³/mol. The Morgan fingerprint density at radius 2 is 1.91 bits per heavy atom. The van der Waals surface area contributed by atoms with E-state index in [9.17, 15) is 9.90 Å². The number of hydrogen-bond acceptors (Lipinski definition) is 7. The average Bonchev–Trinajstić information content (AvgIpc) is 3.50. The topological polar surface area (TPSA) is 99.4 Å². The number of carboxylic acids is 1. The van der Waals surface area contributed by atoms with Gasteiger partial charge in [-0.05, 0) is 48.2 Å². The summed E-state index contributed by atoms with van der Waals surface area (Å²) in [7, 11) is 0. The van der Waals surface area contributed by atoms with Gasteiger partial charge in [0.25, 0.3) is 0 Å². The minimum absolute atomic E-state index is 0.200. The highest BCUT2D eigenvalue weighted by atomic mass is 32.1. The molecule has 0 spiro atoms. The zero-order valence-electron chi connectivity index (χ0n) is 17.6. The lowest BCUT2D eigenvalue weighted by Crippen LogP contribution is -2.13. The first kappa shape index (κ1) is 20.4. The van der Waals surface area contributed by atoms with Crippen LogP contribution in [0.25, 0.3) is 11.0 Å². The quantitative estimate of drug-likeness (QED) is 0.427. The van der Waals surface area contributed by atoms with Crippen LogP contribution in [0.1, 0.15) is 52.6 Å². The molecule has 164 valence electrons. The summed E-state index contributed by atoms with van der Waals surface area (Å²) in [5.41, 5.74) is 5.39. The van der Waals surface area contributed by atoms with E-state index in [0.29, 0.717) is 24.5 Å².